The van der Waals surface area contributed by atoms with Crippen molar-refractivity contribution >= 4 is 46.4 Å². The first-order valence-electron chi connectivity index (χ1n) is 5.33. The predicted molar refractivity (Wildman–Crippen MR) is 81.2 cm³/mol. The smallest absolute Gasteiger partial charge is 0.0670 e. The minimum absolute atomic E-state index is 0.232. The molecule has 0 unspecified atom stereocenters. The Balaban J connectivity index is 2.60. The summed E-state index contributed by atoms with van der Waals surface area (Å²) in [4.78, 5) is 0. The van der Waals surface area contributed by atoms with E-state index in [1.54, 1.807) is 18.2 Å². The summed E-state index contributed by atoms with van der Waals surface area (Å²) in [6.45, 7) is 0. The van der Waals surface area contributed by atoms with E-state index in [0.717, 1.165) is 11.1 Å². The van der Waals surface area contributed by atoms with Crippen molar-refractivity contribution in [1.29, 1.82) is 5.26 Å². The van der Waals surface area contributed by atoms with Crippen LogP contribution in [-0.4, -0.2) is 0 Å². The number of benzene rings is 2. The number of halogens is 4. The Morgan fingerprint density at radius 2 is 1.53 bits per heavy atom. The van der Waals surface area contributed by atoms with Gasteiger partial charge >= 0.3 is 0 Å². The maximum Gasteiger partial charge on any atom is 0.0670 e. The number of nitriles is 1. The lowest BCUT2D eigenvalue weighted by Gasteiger charge is -2.10. The summed E-state index contributed by atoms with van der Waals surface area (Å²) in [5, 5.41) is 10.7. The molecule has 0 heterocycles. The van der Waals surface area contributed by atoms with Crippen LogP contribution in [0.2, 0.25) is 20.1 Å². The highest BCUT2D eigenvalue weighted by Crippen LogP contribution is 2.38. The molecule has 0 aliphatic carbocycles. The lowest BCUT2D eigenvalue weighted by molar-refractivity contribution is 1.26. The van der Waals surface area contributed by atoms with Crippen molar-refractivity contribution in [1.82, 2.24) is 0 Å². The maximum absolute atomic E-state index is 8.77. The van der Waals surface area contributed by atoms with Crippen LogP contribution in [0.15, 0.2) is 30.3 Å². The number of hydrogen-bond acceptors (Lipinski definition) is 1. The van der Waals surface area contributed by atoms with E-state index in [1.165, 1.54) is 0 Å². The molecular formula is C14H7Cl4N. The minimum atomic E-state index is 0.232. The summed E-state index contributed by atoms with van der Waals surface area (Å²) in [5.74, 6) is 0. The molecule has 0 aliphatic heterocycles. The van der Waals surface area contributed by atoms with Gasteiger partial charge in [-0.2, -0.15) is 5.26 Å². The first kappa shape index (κ1) is 14.5. The normalized spacial score (nSPS) is 10.3. The van der Waals surface area contributed by atoms with Crippen LogP contribution < -0.4 is 0 Å². The highest BCUT2D eigenvalue weighted by atomic mass is 35.5. The quantitative estimate of drug-likeness (QED) is 0.659. The van der Waals surface area contributed by atoms with Crippen molar-refractivity contribution in [3.8, 4) is 17.2 Å². The molecule has 19 heavy (non-hydrogen) atoms. The molecule has 0 bridgehead atoms. The van der Waals surface area contributed by atoms with E-state index in [4.69, 9.17) is 51.7 Å². The van der Waals surface area contributed by atoms with E-state index in [2.05, 4.69) is 6.07 Å². The second kappa shape index (κ2) is 6.03. The molecule has 0 N–H and O–H groups in total. The lowest BCUT2D eigenvalue weighted by atomic mass is 10.0. The van der Waals surface area contributed by atoms with Crippen LogP contribution in [0.1, 0.15) is 5.56 Å². The number of nitrogens with zero attached hydrogens (tertiary/aromatic N) is 1. The van der Waals surface area contributed by atoms with Gasteiger partial charge < -0.3 is 0 Å². The molecule has 1 nitrogen and oxygen atoms in total. The van der Waals surface area contributed by atoms with Crippen LogP contribution in [0.5, 0.6) is 0 Å². The molecule has 0 saturated heterocycles. The fraction of sp³-hybridized carbons (Fsp3) is 0.0714. The molecule has 0 fully saturated rings. The van der Waals surface area contributed by atoms with Crippen LogP contribution >= 0.6 is 46.4 Å². The van der Waals surface area contributed by atoms with Crippen LogP contribution in [0.3, 0.4) is 0 Å². The molecule has 0 amide bonds. The van der Waals surface area contributed by atoms with Crippen LogP contribution in [0.25, 0.3) is 11.1 Å². The molecule has 96 valence electrons. The highest BCUT2D eigenvalue weighted by Gasteiger charge is 2.12. The van der Waals surface area contributed by atoms with Gasteiger partial charge in [0.1, 0.15) is 0 Å². The SMILES string of the molecule is N#CCc1cc(-c2c(Cl)cc(Cl)cc2Cl)ccc1Cl. The third kappa shape index (κ3) is 3.16. The zero-order chi connectivity index (χ0) is 14.0. The summed E-state index contributed by atoms with van der Waals surface area (Å²) >= 11 is 24.3. The molecule has 5 heteroatoms. The van der Waals surface area contributed by atoms with Gasteiger partial charge in [-0.15, -0.1) is 0 Å². The van der Waals surface area contributed by atoms with Crippen molar-refractivity contribution in [2.75, 3.05) is 0 Å². The van der Waals surface area contributed by atoms with Gasteiger partial charge in [-0.3, -0.25) is 0 Å². The topological polar surface area (TPSA) is 23.8 Å². The van der Waals surface area contributed by atoms with E-state index >= 15 is 0 Å². The van der Waals surface area contributed by atoms with Crippen LogP contribution in [0.4, 0.5) is 0 Å². The Labute approximate surface area is 131 Å². The van der Waals surface area contributed by atoms with Gasteiger partial charge in [0.25, 0.3) is 0 Å². The fourth-order valence-corrected chi connectivity index (χ4v) is 2.99. The van der Waals surface area contributed by atoms with Crippen molar-refractivity contribution in [3.63, 3.8) is 0 Å². The summed E-state index contributed by atoms with van der Waals surface area (Å²) < 4.78 is 0. The summed E-state index contributed by atoms with van der Waals surface area (Å²) in [5.41, 5.74) is 2.23. The average Bonchev–Trinajstić information content (AvgIpc) is 2.32. The average molecular weight is 331 g/mol. The van der Waals surface area contributed by atoms with Crippen LogP contribution in [0, 0.1) is 11.3 Å². The van der Waals surface area contributed by atoms with Gasteiger partial charge in [-0.25, -0.2) is 0 Å². The molecule has 0 aliphatic rings. The van der Waals surface area contributed by atoms with Crippen molar-refractivity contribution < 1.29 is 0 Å². The third-order valence-corrected chi connectivity index (χ3v) is 3.79. The Hall–Kier alpha value is -0.910. The Morgan fingerprint density at radius 1 is 0.895 bits per heavy atom. The molecule has 0 saturated carbocycles. The second-order valence-corrected chi connectivity index (χ2v) is 5.54. The molecule has 2 aromatic rings. The van der Waals surface area contributed by atoms with Gasteiger partial charge in [0, 0.05) is 15.6 Å². The molecule has 2 rings (SSSR count). The van der Waals surface area contributed by atoms with Crippen LogP contribution in [-0.2, 0) is 6.42 Å². The van der Waals surface area contributed by atoms with E-state index in [9.17, 15) is 0 Å². The van der Waals surface area contributed by atoms with Gasteiger partial charge in [-0.05, 0) is 35.4 Å². The van der Waals surface area contributed by atoms with E-state index in [-0.39, 0.29) is 6.42 Å². The van der Waals surface area contributed by atoms with E-state index in [0.29, 0.717) is 25.7 Å². The zero-order valence-electron chi connectivity index (χ0n) is 9.55. The lowest BCUT2D eigenvalue weighted by Crippen LogP contribution is -1.88. The fourth-order valence-electron chi connectivity index (χ4n) is 1.77. The molecule has 0 spiro atoms. The largest absolute Gasteiger partial charge is 0.198 e. The standard InChI is InChI=1S/C14H7Cl4N/c15-10-6-12(17)14(13(18)7-10)9-1-2-11(16)8(5-9)3-4-19/h1-2,5-7H,3H2. The van der Waals surface area contributed by atoms with Gasteiger partial charge in [-0.1, -0.05) is 52.5 Å². The third-order valence-electron chi connectivity index (χ3n) is 2.61. The molecule has 2 aromatic carbocycles. The summed E-state index contributed by atoms with van der Waals surface area (Å²) in [7, 11) is 0. The Kier molecular flexibility index (Phi) is 4.60. The summed E-state index contributed by atoms with van der Waals surface area (Å²) in [6.07, 6.45) is 0.232. The second-order valence-electron chi connectivity index (χ2n) is 3.89. The molecular weight excluding hydrogens is 324 g/mol. The monoisotopic (exact) mass is 329 g/mol. The van der Waals surface area contributed by atoms with E-state index < -0.39 is 0 Å². The Morgan fingerprint density at radius 3 is 2.11 bits per heavy atom. The van der Waals surface area contributed by atoms with Crippen molar-refractivity contribution in [2.24, 2.45) is 0 Å². The minimum Gasteiger partial charge on any atom is -0.198 e. The maximum atomic E-state index is 8.77. The first-order chi connectivity index (χ1) is 9.02. The zero-order valence-corrected chi connectivity index (χ0v) is 12.6. The molecule has 0 atom stereocenters. The number of hydrogen-bond donors (Lipinski definition) is 0. The van der Waals surface area contributed by atoms with E-state index in [1.807, 2.05) is 12.1 Å². The number of rotatable bonds is 2. The van der Waals surface area contributed by atoms with Gasteiger partial charge in [0.2, 0.25) is 0 Å². The first-order valence-corrected chi connectivity index (χ1v) is 6.84. The summed E-state index contributed by atoms with van der Waals surface area (Å²) in [6, 6.07) is 10.7. The predicted octanol–water partition coefficient (Wildman–Crippen LogP) is 6.03. The van der Waals surface area contributed by atoms with Gasteiger partial charge in [0.15, 0.2) is 0 Å². The van der Waals surface area contributed by atoms with Crippen molar-refractivity contribution in [2.45, 2.75) is 6.42 Å². The Bertz CT molecular complexity index is 651. The molecule has 0 aromatic heterocycles. The van der Waals surface area contributed by atoms with Crippen molar-refractivity contribution in [3.05, 3.63) is 56.0 Å². The van der Waals surface area contributed by atoms with Gasteiger partial charge in [0.05, 0.1) is 22.5 Å². The molecule has 0 radical (unpaired) electrons. The highest BCUT2D eigenvalue weighted by molar-refractivity contribution is 6.41.